The Morgan fingerprint density at radius 2 is 1.12 bits per heavy atom. The lowest BCUT2D eigenvalue weighted by molar-refractivity contribution is -0.00216. The van der Waals surface area contributed by atoms with Crippen molar-refractivity contribution in [3.63, 3.8) is 0 Å². The maximum Gasteiger partial charge on any atom is 0.366 e. The molecule has 3 aromatic heterocycles. The van der Waals surface area contributed by atoms with E-state index >= 15 is 0 Å². The van der Waals surface area contributed by atoms with Crippen LogP contribution in [-0.2, 0) is 31.8 Å². The van der Waals surface area contributed by atoms with Gasteiger partial charge in [-0.05, 0) is 103 Å². The summed E-state index contributed by atoms with van der Waals surface area (Å²) in [5.41, 5.74) is 8.31. The molecule has 220 valence electrons. The molecule has 8 nitrogen and oxygen atoms in total. The van der Waals surface area contributed by atoms with E-state index in [0.29, 0.717) is 52.9 Å². The highest BCUT2D eigenvalue weighted by Crippen LogP contribution is 2.17. The zero-order valence-electron chi connectivity index (χ0n) is 24.8. The van der Waals surface area contributed by atoms with Gasteiger partial charge in [-0.2, -0.15) is 0 Å². The van der Waals surface area contributed by atoms with Gasteiger partial charge in [0.1, 0.15) is 0 Å². The van der Waals surface area contributed by atoms with Crippen LogP contribution < -0.4 is 4.67 Å². The van der Waals surface area contributed by atoms with E-state index < -0.39 is 0 Å². The monoisotopic (exact) mass is 569 g/mol. The van der Waals surface area contributed by atoms with Crippen LogP contribution >= 0.6 is 0 Å². The molecule has 1 aliphatic rings. The Kier molecular flexibility index (Phi) is 13.3. The first kappa shape index (κ1) is 31.2. The molecule has 0 aliphatic carbocycles. The minimum atomic E-state index is 0.549. The number of hydrogen-bond acceptors (Lipinski definition) is 7. The number of aryl methyl sites for hydroxylation is 3. The fraction of sp³-hybridized carbons (Fsp3) is 0.412. The summed E-state index contributed by atoms with van der Waals surface area (Å²) in [4.78, 5) is 13.3. The topological polar surface area (TPSA) is 89.7 Å². The molecule has 0 saturated carbocycles. The summed E-state index contributed by atoms with van der Waals surface area (Å²) in [6.45, 7) is 8.86. The Morgan fingerprint density at radius 1 is 0.619 bits per heavy atom. The predicted molar refractivity (Wildman–Crippen MR) is 166 cm³/mol. The van der Waals surface area contributed by atoms with E-state index in [1.165, 1.54) is 16.7 Å². The van der Waals surface area contributed by atoms with Gasteiger partial charge in [0, 0.05) is 37.9 Å². The SMILES string of the molecule is CC1=CC(c2cc(CCCOCCOCCOCCOCCCc3ccnc(-c4cc(C)ccn4)c3)ccn2)=[N+]=C=C1. The highest BCUT2D eigenvalue weighted by atomic mass is 16.6. The summed E-state index contributed by atoms with van der Waals surface area (Å²) in [5.74, 6) is 2.92. The summed E-state index contributed by atoms with van der Waals surface area (Å²) >= 11 is 0. The van der Waals surface area contributed by atoms with Crippen LogP contribution in [0, 0.1) is 6.92 Å². The van der Waals surface area contributed by atoms with E-state index in [1.54, 1.807) is 0 Å². The van der Waals surface area contributed by atoms with Gasteiger partial charge in [0.15, 0.2) is 5.69 Å². The van der Waals surface area contributed by atoms with Crippen molar-refractivity contribution in [3.8, 4) is 11.4 Å². The average Bonchev–Trinajstić information content (AvgIpc) is 3.01. The molecule has 0 fully saturated rings. The minimum absolute atomic E-state index is 0.549. The smallest absolute Gasteiger partial charge is 0.366 e. The molecule has 0 aromatic carbocycles. The fourth-order valence-corrected chi connectivity index (χ4v) is 4.36. The summed E-state index contributed by atoms with van der Waals surface area (Å²) in [5, 5.41) is 0. The van der Waals surface area contributed by atoms with Gasteiger partial charge in [-0.15, -0.1) is 0 Å². The lowest BCUT2D eigenvalue weighted by Gasteiger charge is -2.08. The van der Waals surface area contributed by atoms with E-state index in [2.05, 4.69) is 56.7 Å². The summed E-state index contributed by atoms with van der Waals surface area (Å²) < 4.78 is 26.9. The van der Waals surface area contributed by atoms with Crippen LogP contribution in [-0.4, -0.2) is 79.4 Å². The van der Waals surface area contributed by atoms with Crippen LogP contribution in [0.25, 0.3) is 11.4 Å². The third-order valence-corrected chi connectivity index (χ3v) is 6.55. The zero-order chi connectivity index (χ0) is 29.2. The molecule has 0 saturated heterocycles. The van der Waals surface area contributed by atoms with E-state index in [-0.39, 0.29) is 0 Å². The normalized spacial score (nSPS) is 12.4. The van der Waals surface area contributed by atoms with Gasteiger partial charge in [0.05, 0.1) is 57.1 Å². The van der Waals surface area contributed by atoms with Gasteiger partial charge < -0.3 is 18.9 Å². The molecule has 4 heterocycles. The van der Waals surface area contributed by atoms with E-state index in [1.807, 2.05) is 49.8 Å². The summed E-state index contributed by atoms with van der Waals surface area (Å²) in [6.07, 6.45) is 13.1. The second-order valence-corrected chi connectivity index (χ2v) is 10.1. The molecule has 1 aliphatic heterocycles. The molecule has 3 aromatic rings. The lowest BCUT2D eigenvalue weighted by Crippen LogP contribution is -2.12. The number of ether oxygens (including phenoxy) is 4. The Balaban J connectivity index is 0.943. The van der Waals surface area contributed by atoms with E-state index in [0.717, 1.165) is 54.0 Å². The number of hydrogen-bond donors (Lipinski definition) is 0. The largest absolute Gasteiger partial charge is 0.379 e. The van der Waals surface area contributed by atoms with Crippen molar-refractivity contribution in [2.75, 3.05) is 52.9 Å². The first-order valence-corrected chi connectivity index (χ1v) is 14.7. The first-order valence-electron chi connectivity index (χ1n) is 14.7. The second-order valence-electron chi connectivity index (χ2n) is 10.1. The second kappa shape index (κ2) is 17.9. The molecule has 0 unspecified atom stereocenters. The number of nitrogens with zero attached hydrogens (tertiary/aromatic N) is 4. The molecule has 0 N–H and O–H groups in total. The van der Waals surface area contributed by atoms with Gasteiger partial charge in [-0.3, -0.25) is 9.97 Å². The highest BCUT2D eigenvalue weighted by molar-refractivity contribution is 6.09. The molecular formula is C34H41N4O4+. The van der Waals surface area contributed by atoms with Crippen molar-refractivity contribution in [2.24, 2.45) is 0 Å². The van der Waals surface area contributed by atoms with Gasteiger partial charge in [0.25, 0.3) is 0 Å². The molecule has 4 rings (SSSR count). The van der Waals surface area contributed by atoms with Crippen LogP contribution in [0.15, 0.2) is 72.7 Å². The fourth-order valence-electron chi connectivity index (χ4n) is 4.36. The maximum atomic E-state index is 5.71. The van der Waals surface area contributed by atoms with Gasteiger partial charge in [0.2, 0.25) is 0 Å². The van der Waals surface area contributed by atoms with Crippen LogP contribution in [0.3, 0.4) is 0 Å². The quantitative estimate of drug-likeness (QED) is 0.155. The van der Waals surface area contributed by atoms with E-state index in [4.69, 9.17) is 18.9 Å². The summed E-state index contributed by atoms with van der Waals surface area (Å²) in [6, 6.07) is 12.3. The van der Waals surface area contributed by atoms with Crippen molar-refractivity contribution in [2.45, 2.75) is 39.5 Å². The van der Waals surface area contributed by atoms with Crippen molar-refractivity contribution < 1.29 is 18.9 Å². The van der Waals surface area contributed by atoms with Crippen molar-refractivity contribution >= 4 is 11.6 Å². The molecule has 8 heteroatoms. The lowest BCUT2D eigenvalue weighted by atomic mass is 10.1. The number of aromatic nitrogens is 3. The first-order chi connectivity index (χ1) is 20.7. The maximum absolute atomic E-state index is 5.71. The van der Waals surface area contributed by atoms with Crippen molar-refractivity contribution in [3.05, 3.63) is 95.1 Å². The Bertz CT molecular complexity index is 1410. The summed E-state index contributed by atoms with van der Waals surface area (Å²) in [7, 11) is 0. The molecular weight excluding hydrogens is 528 g/mol. The van der Waals surface area contributed by atoms with Gasteiger partial charge in [-0.25, -0.2) is 4.98 Å². The van der Waals surface area contributed by atoms with Gasteiger partial charge in [-0.1, -0.05) is 0 Å². The molecule has 0 spiro atoms. The van der Waals surface area contributed by atoms with Crippen LogP contribution in [0.2, 0.25) is 0 Å². The van der Waals surface area contributed by atoms with Crippen LogP contribution in [0.4, 0.5) is 0 Å². The zero-order valence-corrected chi connectivity index (χ0v) is 24.8. The standard InChI is InChI=1S/C34H41N4O4/c1-27-7-11-35-31(23-27)33-25-29(9-13-37-33)5-3-15-39-17-19-41-21-22-42-20-18-40-16-4-6-30-10-14-38-34(26-30)32-24-28(2)8-12-36-32/h7-11,13-14,23-26H,3-6,15-22H2,1-2H3/q+1. The van der Waals surface area contributed by atoms with Gasteiger partial charge >= 0.3 is 11.6 Å². The van der Waals surface area contributed by atoms with Crippen LogP contribution in [0.5, 0.6) is 0 Å². The molecule has 42 heavy (non-hydrogen) atoms. The van der Waals surface area contributed by atoms with Crippen molar-refractivity contribution in [1.82, 2.24) is 19.6 Å². The molecule has 0 atom stereocenters. The van der Waals surface area contributed by atoms with Crippen molar-refractivity contribution in [1.29, 1.82) is 0 Å². The predicted octanol–water partition coefficient (Wildman–Crippen LogP) is 4.52. The number of rotatable bonds is 19. The third kappa shape index (κ3) is 11.3. The minimum Gasteiger partial charge on any atom is -0.379 e. The Morgan fingerprint density at radius 3 is 1.69 bits per heavy atom. The van der Waals surface area contributed by atoms with E-state index in [9.17, 15) is 0 Å². The number of pyridine rings is 3. The Hall–Kier alpha value is -3.74. The Labute approximate surface area is 248 Å². The molecule has 0 radical (unpaired) electrons. The average molecular weight is 570 g/mol. The third-order valence-electron chi connectivity index (χ3n) is 6.55. The molecule has 0 amide bonds. The molecule has 0 bridgehead atoms. The highest BCUT2D eigenvalue weighted by Gasteiger charge is 2.15. The van der Waals surface area contributed by atoms with Crippen LogP contribution in [0.1, 0.15) is 42.1 Å². The number of allylic oxidation sites excluding steroid dienone is 3.